The van der Waals surface area contributed by atoms with Crippen LogP contribution in [0.3, 0.4) is 0 Å². The third-order valence-electron chi connectivity index (χ3n) is 4.82. The molecule has 0 saturated carbocycles. The molecule has 1 atom stereocenters. The first kappa shape index (κ1) is 15.9. The van der Waals surface area contributed by atoms with Gasteiger partial charge in [-0.05, 0) is 24.6 Å². The maximum atomic E-state index is 13.4. The highest BCUT2D eigenvalue weighted by molar-refractivity contribution is 6.08. The molecule has 8 nitrogen and oxygen atoms in total. The normalized spacial score (nSPS) is 19.0. The van der Waals surface area contributed by atoms with Crippen molar-refractivity contribution in [3.63, 3.8) is 0 Å². The third kappa shape index (κ3) is 2.71. The zero-order chi connectivity index (χ0) is 18.4. The van der Waals surface area contributed by atoms with Gasteiger partial charge >= 0.3 is 0 Å². The summed E-state index contributed by atoms with van der Waals surface area (Å²) >= 11 is 0. The number of hydrogen-bond donors (Lipinski definition) is 0. The van der Waals surface area contributed by atoms with Crippen molar-refractivity contribution in [3.8, 4) is 5.69 Å². The van der Waals surface area contributed by atoms with Gasteiger partial charge in [-0.25, -0.2) is 24.0 Å². The molecule has 0 aromatic carbocycles. The lowest BCUT2D eigenvalue weighted by molar-refractivity contribution is 0.0994. The Morgan fingerprint density at radius 3 is 2.67 bits per heavy atom. The zero-order valence-corrected chi connectivity index (χ0v) is 14.4. The Morgan fingerprint density at radius 1 is 1.15 bits per heavy atom. The number of halogens is 1. The number of carbonyl (C=O) groups is 1. The standard InChI is InChI=1S/C18H16FN7O/c19-12-4-7-24(9-12)16-3-2-13(8-22-16)26-10-14-15(23-26)11-25(17(14)27)18-20-5-1-6-21-18/h1-3,5-6,8,10,12H,4,7,9,11H2/t12-/m1/s1. The van der Waals surface area contributed by atoms with Gasteiger partial charge in [-0.3, -0.25) is 9.69 Å². The predicted molar refractivity (Wildman–Crippen MR) is 95.6 cm³/mol. The van der Waals surface area contributed by atoms with Crippen molar-refractivity contribution < 1.29 is 9.18 Å². The smallest absolute Gasteiger partial charge is 0.264 e. The van der Waals surface area contributed by atoms with Crippen molar-refractivity contribution in [2.75, 3.05) is 22.9 Å². The third-order valence-corrected chi connectivity index (χ3v) is 4.82. The van der Waals surface area contributed by atoms with Crippen LogP contribution in [0.1, 0.15) is 22.5 Å². The van der Waals surface area contributed by atoms with E-state index in [4.69, 9.17) is 0 Å². The van der Waals surface area contributed by atoms with Gasteiger partial charge in [-0.2, -0.15) is 5.10 Å². The largest absolute Gasteiger partial charge is 0.354 e. The highest BCUT2D eigenvalue weighted by Gasteiger charge is 2.33. The van der Waals surface area contributed by atoms with Crippen molar-refractivity contribution in [1.82, 2.24) is 24.7 Å². The summed E-state index contributed by atoms with van der Waals surface area (Å²) in [7, 11) is 0. The first-order valence-electron chi connectivity index (χ1n) is 8.72. The highest BCUT2D eigenvalue weighted by Crippen LogP contribution is 2.26. The summed E-state index contributed by atoms with van der Waals surface area (Å²) in [6.45, 7) is 1.39. The van der Waals surface area contributed by atoms with Gasteiger partial charge in [0.15, 0.2) is 0 Å². The summed E-state index contributed by atoms with van der Waals surface area (Å²) < 4.78 is 15.0. The van der Waals surface area contributed by atoms with E-state index in [1.807, 2.05) is 17.0 Å². The van der Waals surface area contributed by atoms with Crippen molar-refractivity contribution in [3.05, 3.63) is 54.2 Å². The van der Waals surface area contributed by atoms with Crippen molar-refractivity contribution in [1.29, 1.82) is 0 Å². The van der Waals surface area contributed by atoms with Crippen LogP contribution in [0.5, 0.6) is 0 Å². The number of anilines is 2. The fraction of sp³-hybridized carbons (Fsp3) is 0.278. The SMILES string of the molecule is O=C1c2cn(-c3ccc(N4CC[C@@H](F)C4)nc3)nc2CN1c1ncccn1. The quantitative estimate of drug-likeness (QED) is 0.704. The van der Waals surface area contributed by atoms with E-state index in [2.05, 4.69) is 20.1 Å². The zero-order valence-electron chi connectivity index (χ0n) is 14.4. The number of carbonyl (C=O) groups excluding carboxylic acids is 1. The maximum Gasteiger partial charge on any atom is 0.264 e. The minimum Gasteiger partial charge on any atom is -0.354 e. The molecule has 0 unspecified atom stereocenters. The number of amides is 1. The molecule has 1 fully saturated rings. The average molecular weight is 365 g/mol. The first-order chi connectivity index (χ1) is 13.2. The molecule has 136 valence electrons. The lowest BCUT2D eigenvalue weighted by atomic mass is 10.3. The molecule has 1 amide bonds. The molecule has 0 N–H and O–H groups in total. The van der Waals surface area contributed by atoms with Gasteiger partial charge in [0.2, 0.25) is 5.95 Å². The molecule has 0 radical (unpaired) electrons. The Balaban J connectivity index is 1.37. The molecule has 5 heterocycles. The lowest BCUT2D eigenvalue weighted by Gasteiger charge is -2.16. The van der Waals surface area contributed by atoms with E-state index in [-0.39, 0.29) is 5.91 Å². The number of pyridine rings is 1. The number of alkyl halides is 1. The fourth-order valence-corrected chi connectivity index (χ4v) is 3.42. The molecule has 1 saturated heterocycles. The Kier molecular flexibility index (Phi) is 3.59. The van der Waals surface area contributed by atoms with Gasteiger partial charge in [-0.15, -0.1) is 0 Å². The van der Waals surface area contributed by atoms with E-state index >= 15 is 0 Å². The van der Waals surface area contributed by atoms with E-state index in [1.165, 1.54) is 4.90 Å². The van der Waals surface area contributed by atoms with Crippen LogP contribution in [0.25, 0.3) is 5.69 Å². The summed E-state index contributed by atoms with van der Waals surface area (Å²) in [4.78, 5) is 28.7. The second-order valence-corrected chi connectivity index (χ2v) is 6.58. The highest BCUT2D eigenvalue weighted by atomic mass is 19.1. The molecule has 0 spiro atoms. The molecule has 0 bridgehead atoms. The number of rotatable bonds is 3. The van der Waals surface area contributed by atoms with Crippen molar-refractivity contribution in [2.45, 2.75) is 19.1 Å². The van der Waals surface area contributed by atoms with Crippen LogP contribution in [0.2, 0.25) is 0 Å². The minimum absolute atomic E-state index is 0.168. The number of nitrogens with zero attached hydrogens (tertiary/aromatic N) is 7. The predicted octanol–water partition coefficient (Wildman–Crippen LogP) is 1.77. The molecule has 9 heteroatoms. The van der Waals surface area contributed by atoms with E-state index in [9.17, 15) is 9.18 Å². The van der Waals surface area contributed by atoms with Gasteiger partial charge in [-0.1, -0.05) is 0 Å². The van der Waals surface area contributed by atoms with Gasteiger partial charge in [0.05, 0.1) is 36.2 Å². The van der Waals surface area contributed by atoms with Crippen molar-refractivity contribution >= 4 is 17.7 Å². The van der Waals surface area contributed by atoms with Crippen LogP contribution in [0, 0.1) is 0 Å². The van der Waals surface area contributed by atoms with Crippen molar-refractivity contribution in [2.24, 2.45) is 0 Å². The second kappa shape index (κ2) is 6.11. The van der Waals surface area contributed by atoms with E-state index in [1.54, 1.807) is 35.5 Å². The van der Waals surface area contributed by atoms with Gasteiger partial charge in [0, 0.05) is 25.1 Å². The van der Waals surface area contributed by atoms with E-state index in [0.717, 1.165) is 11.5 Å². The van der Waals surface area contributed by atoms with Gasteiger partial charge in [0.25, 0.3) is 5.91 Å². The van der Waals surface area contributed by atoms with Crippen LogP contribution in [-0.2, 0) is 6.54 Å². The van der Waals surface area contributed by atoms with E-state index < -0.39 is 6.17 Å². The lowest BCUT2D eigenvalue weighted by Crippen LogP contribution is -2.25. The van der Waals surface area contributed by atoms with E-state index in [0.29, 0.717) is 43.3 Å². The summed E-state index contributed by atoms with van der Waals surface area (Å²) in [6, 6.07) is 5.43. The van der Waals surface area contributed by atoms with Crippen LogP contribution in [0.15, 0.2) is 43.0 Å². The molecule has 5 rings (SSSR count). The molecular formula is C18H16FN7O. The molecule has 3 aromatic rings. The number of aromatic nitrogens is 5. The topological polar surface area (TPSA) is 80.0 Å². The summed E-state index contributed by atoms with van der Waals surface area (Å²) in [6.07, 6.45) is 6.34. The second-order valence-electron chi connectivity index (χ2n) is 6.58. The summed E-state index contributed by atoms with van der Waals surface area (Å²) in [5.74, 6) is 0.954. The Labute approximate surface area is 154 Å². The van der Waals surface area contributed by atoms with Gasteiger partial charge < -0.3 is 4.90 Å². The maximum absolute atomic E-state index is 13.4. The minimum atomic E-state index is -0.789. The number of hydrogen-bond acceptors (Lipinski definition) is 6. The fourth-order valence-electron chi connectivity index (χ4n) is 3.42. The molecule has 3 aromatic heterocycles. The molecule has 27 heavy (non-hydrogen) atoms. The van der Waals surface area contributed by atoms with Crippen LogP contribution < -0.4 is 9.80 Å². The molecular weight excluding hydrogens is 349 g/mol. The average Bonchev–Trinajstić information content (AvgIpc) is 3.39. The molecule has 0 aliphatic carbocycles. The number of fused-ring (bicyclic) bond motifs is 1. The van der Waals surface area contributed by atoms with Crippen LogP contribution >= 0.6 is 0 Å². The molecule has 2 aliphatic heterocycles. The van der Waals surface area contributed by atoms with Gasteiger partial charge in [0.1, 0.15) is 12.0 Å². The van der Waals surface area contributed by atoms with Crippen LogP contribution in [0.4, 0.5) is 16.2 Å². The Bertz CT molecular complexity index is 989. The summed E-state index contributed by atoms with van der Waals surface area (Å²) in [5, 5.41) is 4.51. The summed E-state index contributed by atoms with van der Waals surface area (Å²) in [5.41, 5.74) is 1.96. The molecule has 2 aliphatic rings. The Morgan fingerprint density at radius 2 is 2.00 bits per heavy atom. The monoisotopic (exact) mass is 365 g/mol. The Hall–Kier alpha value is -3.36. The first-order valence-corrected chi connectivity index (χ1v) is 8.72. The van der Waals surface area contributed by atoms with Crippen LogP contribution in [-0.4, -0.2) is 49.9 Å².